The third kappa shape index (κ3) is 2.51. The van der Waals surface area contributed by atoms with Crippen LogP contribution in [0, 0.1) is 11.3 Å². The summed E-state index contributed by atoms with van der Waals surface area (Å²) in [5, 5.41) is 14.6. The summed E-state index contributed by atoms with van der Waals surface area (Å²) >= 11 is 0. The van der Waals surface area contributed by atoms with Gasteiger partial charge in [0.05, 0.1) is 5.56 Å². The second kappa shape index (κ2) is 5.25. The van der Waals surface area contributed by atoms with Gasteiger partial charge in [-0.3, -0.25) is 4.98 Å². The number of fused-ring (bicyclic) bond motifs is 1. The molecule has 0 amide bonds. The molecule has 0 unspecified atom stereocenters. The fraction of sp³-hybridized carbons (Fsp3) is 0.333. The van der Waals surface area contributed by atoms with E-state index in [1.807, 2.05) is 18.2 Å². The van der Waals surface area contributed by atoms with E-state index in [0.29, 0.717) is 11.3 Å². The van der Waals surface area contributed by atoms with Crippen LogP contribution >= 0.6 is 0 Å². The van der Waals surface area contributed by atoms with Crippen molar-refractivity contribution < 1.29 is 4.74 Å². The van der Waals surface area contributed by atoms with Gasteiger partial charge in [-0.1, -0.05) is 0 Å². The zero-order valence-electron chi connectivity index (χ0n) is 10.6. The highest BCUT2D eigenvalue weighted by molar-refractivity contribution is 5.85. The fourth-order valence-electron chi connectivity index (χ4n) is 2.39. The highest BCUT2D eigenvalue weighted by Gasteiger charge is 2.16. The van der Waals surface area contributed by atoms with Crippen LogP contribution in [-0.4, -0.2) is 24.2 Å². The molecule has 1 fully saturated rings. The third-order valence-corrected chi connectivity index (χ3v) is 3.44. The Morgan fingerprint density at radius 2 is 2.11 bits per heavy atom. The van der Waals surface area contributed by atoms with Gasteiger partial charge in [0.15, 0.2) is 0 Å². The molecule has 1 aliphatic rings. The number of piperidine rings is 1. The van der Waals surface area contributed by atoms with E-state index in [0.717, 1.165) is 36.7 Å². The number of rotatable bonds is 2. The highest BCUT2D eigenvalue weighted by atomic mass is 16.5. The second-order valence-electron chi connectivity index (χ2n) is 4.75. The molecule has 1 aliphatic heterocycles. The third-order valence-electron chi connectivity index (χ3n) is 3.44. The number of benzene rings is 1. The van der Waals surface area contributed by atoms with Crippen molar-refractivity contribution in [2.45, 2.75) is 18.9 Å². The minimum atomic E-state index is 0.202. The van der Waals surface area contributed by atoms with Crippen LogP contribution in [0.5, 0.6) is 5.75 Å². The molecule has 2 heterocycles. The topological polar surface area (TPSA) is 57.9 Å². The van der Waals surface area contributed by atoms with E-state index in [1.54, 1.807) is 12.4 Å². The Kier molecular flexibility index (Phi) is 3.30. The molecule has 1 N–H and O–H groups in total. The minimum Gasteiger partial charge on any atom is -0.489 e. The largest absolute Gasteiger partial charge is 0.489 e. The van der Waals surface area contributed by atoms with E-state index in [1.165, 1.54) is 0 Å². The SMILES string of the molecule is N#Cc1cc2cnccc2cc1OC1CCNCC1. The number of nitrogens with one attached hydrogen (secondary N) is 1. The molecule has 96 valence electrons. The van der Waals surface area contributed by atoms with Gasteiger partial charge in [0.1, 0.15) is 17.9 Å². The maximum atomic E-state index is 9.24. The summed E-state index contributed by atoms with van der Waals surface area (Å²) in [5.41, 5.74) is 0.582. The Hall–Kier alpha value is -2.12. The lowest BCUT2D eigenvalue weighted by atomic mass is 10.1. The zero-order valence-corrected chi connectivity index (χ0v) is 10.6. The van der Waals surface area contributed by atoms with Gasteiger partial charge >= 0.3 is 0 Å². The predicted molar refractivity (Wildman–Crippen MR) is 73.0 cm³/mol. The van der Waals surface area contributed by atoms with Crippen molar-refractivity contribution >= 4 is 10.8 Å². The lowest BCUT2D eigenvalue weighted by molar-refractivity contribution is 0.162. The van der Waals surface area contributed by atoms with E-state index < -0.39 is 0 Å². The molecule has 4 heteroatoms. The molecule has 0 saturated carbocycles. The van der Waals surface area contributed by atoms with Crippen LogP contribution in [0.4, 0.5) is 0 Å². The standard InChI is InChI=1S/C15H15N3O/c16-9-12-7-13-10-18-4-1-11(13)8-15(12)19-14-2-5-17-6-3-14/h1,4,7-8,10,14,17H,2-3,5-6H2. The van der Waals surface area contributed by atoms with Crippen molar-refractivity contribution in [2.24, 2.45) is 0 Å². The van der Waals surface area contributed by atoms with Crippen molar-refractivity contribution in [3.63, 3.8) is 0 Å². The number of ether oxygens (including phenoxy) is 1. The molecule has 0 aliphatic carbocycles. The number of aromatic nitrogens is 1. The number of hydrogen-bond acceptors (Lipinski definition) is 4. The molecule has 2 aromatic rings. The van der Waals surface area contributed by atoms with Crippen LogP contribution in [0.1, 0.15) is 18.4 Å². The van der Waals surface area contributed by atoms with Gasteiger partial charge in [-0.25, -0.2) is 0 Å². The number of hydrogen-bond donors (Lipinski definition) is 1. The molecule has 1 aromatic heterocycles. The van der Waals surface area contributed by atoms with Gasteiger partial charge in [0.25, 0.3) is 0 Å². The van der Waals surface area contributed by atoms with Crippen molar-refractivity contribution in [2.75, 3.05) is 13.1 Å². The van der Waals surface area contributed by atoms with Crippen molar-refractivity contribution in [3.05, 3.63) is 36.2 Å². The first-order valence-corrected chi connectivity index (χ1v) is 6.52. The quantitative estimate of drug-likeness (QED) is 0.891. The predicted octanol–water partition coefficient (Wildman–Crippen LogP) is 2.24. The first kappa shape index (κ1) is 11.9. The van der Waals surface area contributed by atoms with Crippen molar-refractivity contribution in [1.82, 2.24) is 10.3 Å². The molecule has 4 nitrogen and oxygen atoms in total. The van der Waals surface area contributed by atoms with Crippen LogP contribution < -0.4 is 10.1 Å². The van der Waals surface area contributed by atoms with E-state index in [-0.39, 0.29) is 6.10 Å². The molecule has 1 aromatic carbocycles. The van der Waals surface area contributed by atoms with E-state index in [9.17, 15) is 5.26 Å². The highest BCUT2D eigenvalue weighted by Crippen LogP contribution is 2.27. The summed E-state index contributed by atoms with van der Waals surface area (Å²) in [4.78, 5) is 4.08. The van der Waals surface area contributed by atoms with Gasteiger partial charge in [-0.2, -0.15) is 5.26 Å². The average Bonchev–Trinajstić information content (AvgIpc) is 2.47. The average molecular weight is 253 g/mol. The van der Waals surface area contributed by atoms with Crippen LogP contribution in [0.3, 0.4) is 0 Å². The molecular weight excluding hydrogens is 238 g/mol. The van der Waals surface area contributed by atoms with Gasteiger partial charge in [0.2, 0.25) is 0 Å². The van der Waals surface area contributed by atoms with Gasteiger partial charge in [-0.15, -0.1) is 0 Å². The summed E-state index contributed by atoms with van der Waals surface area (Å²) in [6.07, 6.45) is 5.69. The molecular formula is C15H15N3O. The maximum Gasteiger partial charge on any atom is 0.138 e. The minimum absolute atomic E-state index is 0.202. The Labute approximate surface area is 112 Å². The van der Waals surface area contributed by atoms with Crippen molar-refractivity contribution in [3.8, 4) is 11.8 Å². The summed E-state index contributed by atoms with van der Waals surface area (Å²) in [6, 6.07) is 7.93. The Balaban J connectivity index is 1.94. The molecule has 19 heavy (non-hydrogen) atoms. The Morgan fingerprint density at radius 1 is 1.26 bits per heavy atom. The lowest BCUT2D eigenvalue weighted by Gasteiger charge is -2.24. The van der Waals surface area contributed by atoms with E-state index in [4.69, 9.17) is 4.74 Å². The van der Waals surface area contributed by atoms with Crippen molar-refractivity contribution in [1.29, 1.82) is 5.26 Å². The molecule has 0 spiro atoms. The van der Waals surface area contributed by atoms with Gasteiger partial charge in [0, 0.05) is 17.8 Å². The van der Waals surface area contributed by atoms with Crippen LogP contribution in [0.25, 0.3) is 10.8 Å². The summed E-state index contributed by atoms with van der Waals surface area (Å²) in [6.45, 7) is 1.95. The Morgan fingerprint density at radius 3 is 2.89 bits per heavy atom. The molecule has 0 bridgehead atoms. The van der Waals surface area contributed by atoms with Crippen LogP contribution in [-0.2, 0) is 0 Å². The fourth-order valence-corrected chi connectivity index (χ4v) is 2.39. The van der Waals surface area contributed by atoms with Crippen LogP contribution in [0.2, 0.25) is 0 Å². The molecule has 0 radical (unpaired) electrons. The Bertz CT molecular complexity index is 627. The van der Waals surface area contributed by atoms with Gasteiger partial charge in [-0.05, 0) is 49.5 Å². The number of nitrogens with zero attached hydrogens (tertiary/aromatic N) is 2. The molecule has 3 rings (SSSR count). The second-order valence-corrected chi connectivity index (χ2v) is 4.75. The van der Waals surface area contributed by atoms with Crippen LogP contribution in [0.15, 0.2) is 30.6 Å². The lowest BCUT2D eigenvalue weighted by Crippen LogP contribution is -2.34. The zero-order chi connectivity index (χ0) is 13.1. The summed E-state index contributed by atoms with van der Waals surface area (Å²) in [7, 11) is 0. The first-order chi connectivity index (χ1) is 9.36. The smallest absolute Gasteiger partial charge is 0.138 e. The first-order valence-electron chi connectivity index (χ1n) is 6.52. The number of nitriles is 1. The molecule has 0 atom stereocenters. The van der Waals surface area contributed by atoms with E-state index in [2.05, 4.69) is 16.4 Å². The summed E-state index contributed by atoms with van der Waals surface area (Å²) in [5.74, 6) is 0.688. The monoisotopic (exact) mass is 253 g/mol. The normalized spacial score (nSPS) is 16.2. The number of pyridine rings is 1. The maximum absolute atomic E-state index is 9.24. The van der Waals surface area contributed by atoms with Gasteiger partial charge < -0.3 is 10.1 Å². The van der Waals surface area contributed by atoms with E-state index >= 15 is 0 Å². The molecule has 1 saturated heterocycles. The summed E-state index contributed by atoms with van der Waals surface area (Å²) < 4.78 is 6.00.